The molecule has 2 fully saturated rings. The third kappa shape index (κ3) is 5.21. The highest BCUT2D eigenvalue weighted by atomic mass is 16.5. The molecular weight excluding hydrogens is 474 g/mol. The number of benzene rings is 1. The number of fused-ring (bicyclic) bond motifs is 1. The summed E-state index contributed by atoms with van der Waals surface area (Å²) in [6.07, 6.45) is 6.42. The molecule has 4 aromatic rings. The number of piperazine rings is 1. The fourth-order valence-electron chi connectivity index (χ4n) is 5.54. The first kappa shape index (κ1) is 24.4. The van der Waals surface area contributed by atoms with Gasteiger partial charge in [0.05, 0.1) is 30.1 Å². The lowest BCUT2D eigenvalue weighted by Gasteiger charge is -2.36. The normalized spacial score (nSPS) is 16.9. The van der Waals surface area contributed by atoms with Crippen LogP contribution in [0.1, 0.15) is 17.5 Å². The molecule has 6 rings (SSSR count). The van der Waals surface area contributed by atoms with Crippen LogP contribution in [0.15, 0.2) is 67.1 Å². The molecule has 8 heteroatoms. The molecule has 0 aliphatic carbocycles. The number of aromatic nitrogens is 3. The predicted molar refractivity (Wildman–Crippen MR) is 148 cm³/mol. The first-order valence-electron chi connectivity index (χ1n) is 13.4. The van der Waals surface area contributed by atoms with Crippen molar-refractivity contribution < 1.29 is 4.74 Å². The summed E-state index contributed by atoms with van der Waals surface area (Å²) in [7, 11) is 2.15. The van der Waals surface area contributed by atoms with Crippen molar-refractivity contribution in [3.63, 3.8) is 0 Å². The molecule has 194 valence electrons. The van der Waals surface area contributed by atoms with Gasteiger partial charge in [-0.2, -0.15) is 10.4 Å². The second-order valence-corrected chi connectivity index (χ2v) is 10.4. The van der Waals surface area contributed by atoms with Crippen molar-refractivity contribution >= 4 is 11.3 Å². The standard InChI is InChI=1S/C30H33N7O/c1-34-19-24(20-34)9-14-38-27-15-28(30-26(16-31)18-33-37(30)22-27)25-7-8-29(32-17-25)36-12-10-35(11-13-36)21-23-5-3-2-4-6-23/h2-8,15,17-18,22,24H,9-14,19-21H2,1H3. The van der Waals surface area contributed by atoms with Crippen molar-refractivity contribution in [3.05, 3.63) is 78.2 Å². The van der Waals surface area contributed by atoms with Crippen molar-refractivity contribution in [1.82, 2.24) is 24.4 Å². The lowest BCUT2D eigenvalue weighted by Crippen LogP contribution is -2.46. The molecule has 5 heterocycles. The molecule has 0 atom stereocenters. The Balaban J connectivity index is 1.16. The summed E-state index contributed by atoms with van der Waals surface area (Å²) in [4.78, 5) is 12.0. The van der Waals surface area contributed by atoms with E-state index >= 15 is 0 Å². The minimum atomic E-state index is 0.544. The second-order valence-electron chi connectivity index (χ2n) is 10.4. The first-order valence-corrected chi connectivity index (χ1v) is 13.4. The Labute approximate surface area is 223 Å². The van der Waals surface area contributed by atoms with Crippen LogP contribution in [0.25, 0.3) is 16.6 Å². The van der Waals surface area contributed by atoms with Crippen LogP contribution in [0, 0.1) is 17.2 Å². The number of nitrogens with zero attached hydrogens (tertiary/aromatic N) is 7. The van der Waals surface area contributed by atoms with E-state index in [2.05, 4.69) is 75.4 Å². The first-order chi connectivity index (χ1) is 18.7. The van der Waals surface area contributed by atoms with Crippen LogP contribution in [-0.4, -0.2) is 77.3 Å². The Bertz CT molecular complexity index is 1410. The number of rotatable bonds is 8. The zero-order valence-corrected chi connectivity index (χ0v) is 21.8. The average molecular weight is 508 g/mol. The maximum absolute atomic E-state index is 9.69. The Morgan fingerprint density at radius 2 is 1.84 bits per heavy atom. The molecule has 2 aliphatic rings. The van der Waals surface area contributed by atoms with Gasteiger partial charge >= 0.3 is 0 Å². The molecule has 0 radical (unpaired) electrons. The predicted octanol–water partition coefficient (Wildman–Crippen LogP) is 3.92. The summed E-state index contributed by atoms with van der Waals surface area (Å²) < 4.78 is 7.89. The molecular formula is C30H33N7O. The molecule has 0 unspecified atom stereocenters. The summed E-state index contributed by atoms with van der Waals surface area (Å²) in [5.41, 5.74) is 4.54. The average Bonchev–Trinajstić information content (AvgIpc) is 3.36. The van der Waals surface area contributed by atoms with Gasteiger partial charge in [0.2, 0.25) is 0 Å². The minimum absolute atomic E-state index is 0.544. The summed E-state index contributed by atoms with van der Waals surface area (Å²) >= 11 is 0. The number of likely N-dealkylation sites (tertiary alicyclic amines) is 1. The number of pyridine rings is 2. The molecule has 2 saturated heterocycles. The fraction of sp³-hybridized carbons (Fsp3) is 0.367. The molecule has 8 nitrogen and oxygen atoms in total. The highest BCUT2D eigenvalue weighted by Crippen LogP contribution is 2.32. The number of anilines is 1. The SMILES string of the molecule is CN1CC(CCOc2cc(-c3ccc(N4CCN(Cc5ccccc5)CC4)nc3)c3c(C#N)cnn3c2)C1. The summed E-state index contributed by atoms with van der Waals surface area (Å²) in [5, 5.41) is 14.1. The zero-order chi connectivity index (χ0) is 25.9. The Morgan fingerprint density at radius 3 is 2.55 bits per heavy atom. The molecule has 38 heavy (non-hydrogen) atoms. The van der Waals surface area contributed by atoms with E-state index in [9.17, 15) is 5.26 Å². The second kappa shape index (κ2) is 10.8. The van der Waals surface area contributed by atoms with Crippen LogP contribution in [0.4, 0.5) is 5.82 Å². The van der Waals surface area contributed by atoms with Gasteiger partial charge in [-0.25, -0.2) is 9.50 Å². The molecule has 0 amide bonds. The van der Waals surface area contributed by atoms with E-state index in [0.29, 0.717) is 18.1 Å². The molecule has 2 aliphatic heterocycles. The van der Waals surface area contributed by atoms with Crippen LogP contribution < -0.4 is 9.64 Å². The molecule has 0 spiro atoms. The van der Waals surface area contributed by atoms with Gasteiger partial charge in [-0.05, 0) is 43.1 Å². The van der Waals surface area contributed by atoms with Crippen molar-refractivity contribution in [3.8, 4) is 22.9 Å². The summed E-state index contributed by atoms with van der Waals surface area (Å²) in [6.45, 7) is 7.85. The number of hydrogen-bond acceptors (Lipinski definition) is 7. The Hall–Kier alpha value is -3.93. The number of nitriles is 1. The zero-order valence-electron chi connectivity index (χ0n) is 21.8. The summed E-state index contributed by atoms with van der Waals surface area (Å²) in [6, 6.07) is 19.1. The van der Waals surface area contributed by atoms with Crippen molar-refractivity contribution in [1.29, 1.82) is 5.26 Å². The molecule has 3 aromatic heterocycles. The van der Waals surface area contributed by atoms with E-state index in [1.807, 2.05) is 18.5 Å². The van der Waals surface area contributed by atoms with E-state index in [1.165, 1.54) is 5.56 Å². The number of ether oxygens (including phenoxy) is 1. The van der Waals surface area contributed by atoms with Crippen LogP contribution in [0.2, 0.25) is 0 Å². The minimum Gasteiger partial charge on any atom is -0.492 e. The molecule has 0 bridgehead atoms. The topological polar surface area (TPSA) is 72.9 Å². The van der Waals surface area contributed by atoms with E-state index in [4.69, 9.17) is 9.72 Å². The Morgan fingerprint density at radius 1 is 1.03 bits per heavy atom. The van der Waals surface area contributed by atoms with E-state index < -0.39 is 0 Å². The maximum Gasteiger partial charge on any atom is 0.138 e. The van der Waals surface area contributed by atoms with Gasteiger partial charge in [0.1, 0.15) is 17.6 Å². The van der Waals surface area contributed by atoms with Gasteiger partial charge in [0.25, 0.3) is 0 Å². The largest absolute Gasteiger partial charge is 0.492 e. The molecule has 0 saturated carbocycles. The monoisotopic (exact) mass is 507 g/mol. The smallest absolute Gasteiger partial charge is 0.138 e. The van der Waals surface area contributed by atoms with Crippen LogP contribution in [0.5, 0.6) is 5.75 Å². The Kier molecular flexibility index (Phi) is 6.95. The van der Waals surface area contributed by atoms with Crippen molar-refractivity contribution in [2.24, 2.45) is 5.92 Å². The van der Waals surface area contributed by atoms with Gasteiger partial charge < -0.3 is 14.5 Å². The van der Waals surface area contributed by atoms with Gasteiger partial charge in [-0.1, -0.05) is 30.3 Å². The lowest BCUT2D eigenvalue weighted by molar-refractivity contribution is 0.110. The highest BCUT2D eigenvalue weighted by molar-refractivity contribution is 5.85. The highest BCUT2D eigenvalue weighted by Gasteiger charge is 2.23. The quantitative estimate of drug-likeness (QED) is 0.358. The van der Waals surface area contributed by atoms with Crippen LogP contribution >= 0.6 is 0 Å². The van der Waals surface area contributed by atoms with Gasteiger partial charge in [0.15, 0.2) is 0 Å². The molecule has 0 N–H and O–H groups in total. The molecule has 1 aromatic carbocycles. The third-order valence-corrected chi connectivity index (χ3v) is 7.65. The maximum atomic E-state index is 9.69. The van der Waals surface area contributed by atoms with Crippen molar-refractivity contribution in [2.75, 3.05) is 57.8 Å². The van der Waals surface area contributed by atoms with Crippen LogP contribution in [0.3, 0.4) is 0 Å². The van der Waals surface area contributed by atoms with E-state index in [1.54, 1.807) is 10.7 Å². The third-order valence-electron chi connectivity index (χ3n) is 7.65. The fourth-order valence-corrected chi connectivity index (χ4v) is 5.54. The van der Waals surface area contributed by atoms with E-state index in [0.717, 1.165) is 80.4 Å². The van der Waals surface area contributed by atoms with Gasteiger partial charge in [-0.3, -0.25) is 4.90 Å². The van der Waals surface area contributed by atoms with Crippen molar-refractivity contribution in [2.45, 2.75) is 13.0 Å². The lowest BCUT2D eigenvalue weighted by atomic mass is 9.98. The van der Waals surface area contributed by atoms with E-state index in [-0.39, 0.29) is 0 Å². The van der Waals surface area contributed by atoms with Gasteiger partial charge in [0, 0.05) is 63.1 Å². The number of hydrogen-bond donors (Lipinski definition) is 0. The summed E-state index contributed by atoms with van der Waals surface area (Å²) in [5.74, 6) is 2.44. The van der Waals surface area contributed by atoms with Gasteiger partial charge in [-0.15, -0.1) is 0 Å². The van der Waals surface area contributed by atoms with Crippen LogP contribution in [-0.2, 0) is 6.54 Å².